The van der Waals surface area contributed by atoms with Gasteiger partial charge in [0.15, 0.2) is 17.3 Å². The molecule has 4 heterocycles. The number of aryl methyl sites for hydroxylation is 1. The molecule has 1 aliphatic heterocycles. The number of hydrogen-bond acceptors (Lipinski definition) is 10. The zero-order valence-electron chi connectivity index (χ0n) is 19.3. The number of nitrogens with one attached hydrogen (secondary N) is 1. The number of benzene rings is 1. The van der Waals surface area contributed by atoms with Crippen LogP contribution < -0.4 is 15.8 Å². The van der Waals surface area contributed by atoms with E-state index in [-0.39, 0.29) is 11.7 Å². The van der Waals surface area contributed by atoms with Gasteiger partial charge in [0.25, 0.3) is 5.91 Å². The van der Waals surface area contributed by atoms with Gasteiger partial charge in [-0.3, -0.25) is 9.69 Å². The zero-order valence-corrected chi connectivity index (χ0v) is 20.1. The van der Waals surface area contributed by atoms with Crippen LogP contribution in [0.3, 0.4) is 0 Å². The maximum Gasteiger partial charge on any atom is 0.251 e. The molecule has 0 spiro atoms. The van der Waals surface area contributed by atoms with Crippen LogP contribution in [-0.4, -0.2) is 73.3 Å². The van der Waals surface area contributed by atoms with Crippen molar-refractivity contribution in [3.05, 3.63) is 42.1 Å². The number of aromatic nitrogens is 5. The van der Waals surface area contributed by atoms with Crippen molar-refractivity contribution in [1.29, 1.82) is 0 Å². The van der Waals surface area contributed by atoms with Gasteiger partial charge in [-0.15, -0.1) is 0 Å². The van der Waals surface area contributed by atoms with Crippen LogP contribution in [0.25, 0.3) is 22.6 Å². The maximum atomic E-state index is 12.6. The lowest BCUT2D eigenvalue weighted by Gasteiger charge is -2.26. The van der Waals surface area contributed by atoms with Gasteiger partial charge in [0.1, 0.15) is 11.3 Å². The molecule has 0 bridgehead atoms. The Labute approximate surface area is 206 Å². The lowest BCUT2D eigenvalue weighted by molar-refractivity contribution is 0.0948. The van der Waals surface area contributed by atoms with E-state index in [2.05, 4.69) is 30.5 Å². The molecule has 11 nitrogen and oxygen atoms in total. The summed E-state index contributed by atoms with van der Waals surface area (Å²) in [5.74, 6) is 3.79. The monoisotopic (exact) mass is 494 g/mol. The minimum absolute atomic E-state index is 0.127. The molecular formula is C23H26N8O3S. The van der Waals surface area contributed by atoms with E-state index in [1.807, 2.05) is 23.3 Å². The van der Waals surface area contributed by atoms with E-state index in [1.54, 1.807) is 36.5 Å². The molecule has 0 saturated carbocycles. The van der Waals surface area contributed by atoms with Crippen LogP contribution in [0.1, 0.15) is 17.3 Å². The van der Waals surface area contributed by atoms with Crippen LogP contribution in [0.4, 0.5) is 5.82 Å². The van der Waals surface area contributed by atoms with E-state index >= 15 is 0 Å². The summed E-state index contributed by atoms with van der Waals surface area (Å²) in [6, 6.07) is 8.86. The second kappa shape index (κ2) is 10.3. The number of pyridine rings is 1. The van der Waals surface area contributed by atoms with Crippen LogP contribution >= 0.6 is 11.8 Å². The maximum absolute atomic E-state index is 12.6. The highest BCUT2D eigenvalue weighted by Crippen LogP contribution is 2.29. The number of ether oxygens (including phenoxy) is 1. The Morgan fingerprint density at radius 1 is 1.26 bits per heavy atom. The quantitative estimate of drug-likeness (QED) is 0.376. The number of rotatable bonds is 8. The molecule has 35 heavy (non-hydrogen) atoms. The Kier molecular flexibility index (Phi) is 6.82. The second-order valence-electron chi connectivity index (χ2n) is 8.03. The van der Waals surface area contributed by atoms with Gasteiger partial charge in [0, 0.05) is 55.9 Å². The van der Waals surface area contributed by atoms with Gasteiger partial charge in [-0.25, -0.2) is 14.6 Å². The third-order valence-corrected chi connectivity index (χ3v) is 6.73. The van der Waals surface area contributed by atoms with Crippen molar-refractivity contribution in [2.45, 2.75) is 13.5 Å². The average Bonchev–Trinajstić information content (AvgIpc) is 3.47. The number of fused-ring (bicyclic) bond motifs is 1. The highest BCUT2D eigenvalue weighted by Gasteiger charge is 2.19. The summed E-state index contributed by atoms with van der Waals surface area (Å²) in [5.41, 5.74) is 8.24. The van der Waals surface area contributed by atoms with Crippen LogP contribution in [0.2, 0.25) is 0 Å². The molecule has 4 aromatic rings. The Bertz CT molecular complexity index is 1330. The molecule has 1 fully saturated rings. The minimum atomic E-state index is -0.127. The van der Waals surface area contributed by atoms with Gasteiger partial charge >= 0.3 is 0 Å². The number of carbonyl (C=O) groups excluding carboxylic acids is 1. The Hall–Kier alpha value is -3.64. The zero-order chi connectivity index (χ0) is 24.2. The van der Waals surface area contributed by atoms with Crippen molar-refractivity contribution in [3.8, 4) is 23.1 Å². The van der Waals surface area contributed by atoms with Crippen LogP contribution in [0, 0.1) is 0 Å². The number of hydrogen-bond donors (Lipinski definition) is 2. The number of imidazole rings is 1. The summed E-state index contributed by atoms with van der Waals surface area (Å²) < 4.78 is 12.7. The Morgan fingerprint density at radius 2 is 2.11 bits per heavy atom. The van der Waals surface area contributed by atoms with Gasteiger partial charge in [-0.1, -0.05) is 6.07 Å². The highest BCUT2D eigenvalue weighted by atomic mass is 32.2. The molecule has 1 aliphatic rings. The van der Waals surface area contributed by atoms with Crippen LogP contribution in [-0.2, 0) is 6.54 Å². The van der Waals surface area contributed by atoms with E-state index in [1.165, 1.54) is 0 Å². The largest absolute Gasteiger partial charge is 0.439 e. The van der Waals surface area contributed by atoms with Crippen molar-refractivity contribution < 1.29 is 14.2 Å². The van der Waals surface area contributed by atoms with Gasteiger partial charge in [-0.05, 0) is 35.4 Å². The summed E-state index contributed by atoms with van der Waals surface area (Å²) in [6.45, 7) is 6.22. The van der Waals surface area contributed by atoms with E-state index in [0.717, 1.165) is 36.7 Å². The number of nitrogen functional groups attached to an aromatic ring is 1. The molecule has 0 aliphatic carbocycles. The topological polar surface area (TPSA) is 137 Å². The Morgan fingerprint density at radius 3 is 2.89 bits per heavy atom. The summed E-state index contributed by atoms with van der Waals surface area (Å²) in [5, 5.41) is 10.5. The predicted octanol–water partition coefficient (Wildman–Crippen LogP) is 2.65. The molecule has 1 aromatic carbocycles. The fraction of sp³-hybridized carbons (Fsp3) is 0.348. The first-order valence-electron chi connectivity index (χ1n) is 11.4. The smallest absolute Gasteiger partial charge is 0.251 e. The number of nitrogens with zero attached hydrogens (tertiary/aromatic N) is 6. The van der Waals surface area contributed by atoms with Gasteiger partial charge in [-0.2, -0.15) is 11.8 Å². The lowest BCUT2D eigenvalue weighted by Crippen LogP contribution is -2.39. The van der Waals surface area contributed by atoms with E-state index in [0.29, 0.717) is 47.3 Å². The average molecular weight is 495 g/mol. The molecule has 12 heteroatoms. The predicted molar refractivity (Wildman–Crippen MR) is 134 cm³/mol. The summed E-state index contributed by atoms with van der Waals surface area (Å²) in [4.78, 5) is 24.0. The molecule has 5 rings (SSSR count). The first kappa shape index (κ1) is 23.1. The Balaban J connectivity index is 1.29. The number of amides is 1. The highest BCUT2D eigenvalue weighted by molar-refractivity contribution is 7.99. The molecule has 182 valence electrons. The van der Waals surface area contributed by atoms with E-state index < -0.39 is 0 Å². The van der Waals surface area contributed by atoms with Crippen molar-refractivity contribution >= 4 is 34.5 Å². The van der Waals surface area contributed by atoms with E-state index in [4.69, 9.17) is 15.1 Å². The first-order valence-corrected chi connectivity index (χ1v) is 12.6. The molecule has 3 N–H and O–H groups in total. The fourth-order valence-corrected chi connectivity index (χ4v) is 4.97. The molecule has 3 aromatic heterocycles. The van der Waals surface area contributed by atoms with E-state index in [9.17, 15) is 4.79 Å². The van der Waals surface area contributed by atoms with Crippen molar-refractivity contribution in [1.82, 2.24) is 35.1 Å². The SMILES string of the molecule is CCn1c(-c2nonc2N)nc2cnc(Oc3cccc(C(=O)NCCN4CCSCC4)c3)cc21. The second-order valence-corrected chi connectivity index (χ2v) is 9.25. The summed E-state index contributed by atoms with van der Waals surface area (Å²) >= 11 is 1.97. The third-order valence-electron chi connectivity index (χ3n) is 5.79. The van der Waals surface area contributed by atoms with Crippen LogP contribution in [0.15, 0.2) is 41.2 Å². The molecule has 0 unspecified atom stereocenters. The fourth-order valence-electron chi connectivity index (χ4n) is 3.99. The van der Waals surface area contributed by atoms with Crippen LogP contribution in [0.5, 0.6) is 11.6 Å². The number of anilines is 1. The van der Waals surface area contributed by atoms with Gasteiger partial charge in [0.2, 0.25) is 5.88 Å². The van der Waals surface area contributed by atoms with Crippen molar-refractivity contribution in [2.24, 2.45) is 0 Å². The van der Waals surface area contributed by atoms with Crippen molar-refractivity contribution in [3.63, 3.8) is 0 Å². The first-order chi connectivity index (χ1) is 17.1. The number of carbonyl (C=O) groups is 1. The van der Waals surface area contributed by atoms with Gasteiger partial charge in [0.05, 0.1) is 11.7 Å². The molecule has 0 radical (unpaired) electrons. The minimum Gasteiger partial charge on any atom is -0.439 e. The van der Waals surface area contributed by atoms with Gasteiger partial charge < -0.3 is 20.4 Å². The number of nitrogens with two attached hydrogens (primary N) is 1. The summed E-state index contributed by atoms with van der Waals surface area (Å²) in [6.07, 6.45) is 1.62. The number of thioether (sulfide) groups is 1. The molecule has 1 amide bonds. The third kappa shape index (κ3) is 5.08. The standard InChI is InChI=1S/C23H26N8O3S/c1-2-31-18-13-19(26-14-17(18)27-22(31)20-21(24)29-34-28-20)33-16-5-3-4-15(12-16)23(32)25-6-7-30-8-10-35-11-9-30/h3-5,12-14H,2,6-11H2,1H3,(H2,24,29)(H,25,32). The molecular weight excluding hydrogens is 468 g/mol. The van der Waals surface area contributed by atoms with Crippen molar-refractivity contribution in [2.75, 3.05) is 43.4 Å². The summed E-state index contributed by atoms with van der Waals surface area (Å²) in [7, 11) is 0. The lowest BCUT2D eigenvalue weighted by atomic mass is 10.2. The molecule has 1 saturated heterocycles. The molecule has 0 atom stereocenters. The normalized spacial score (nSPS) is 14.3.